The van der Waals surface area contributed by atoms with Crippen LogP contribution in [-0.2, 0) is 0 Å². The lowest BCUT2D eigenvalue weighted by atomic mass is 10.00. The van der Waals surface area contributed by atoms with E-state index in [0.29, 0.717) is 18.0 Å². The first-order valence-electron chi connectivity index (χ1n) is 9.61. The third-order valence-corrected chi connectivity index (χ3v) is 5.57. The smallest absolute Gasteiger partial charge is 0.291 e. The summed E-state index contributed by atoms with van der Waals surface area (Å²) < 4.78 is 1.79. The molecule has 0 radical (unpaired) electrons. The number of carbonyl (C=O) groups is 1. The maximum Gasteiger partial charge on any atom is 0.291 e. The largest absolute Gasteiger partial charge is 0.346 e. The Balaban J connectivity index is 0.00000210. The van der Waals surface area contributed by atoms with Crippen molar-refractivity contribution in [3.63, 3.8) is 0 Å². The van der Waals surface area contributed by atoms with E-state index >= 15 is 0 Å². The zero-order valence-electron chi connectivity index (χ0n) is 16.1. The van der Waals surface area contributed by atoms with E-state index in [4.69, 9.17) is 0 Å². The quantitative estimate of drug-likeness (QED) is 0.842. The van der Waals surface area contributed by atoms with Crippen molar-refractivity contribution in [2.45, 2.75) is 70.5 Å². The summed E-state index contributed by atoms with van der Waals surface area (Å²) >= 11 is 0. The van der Waals surface area contributed by atoms with E-state index in [1.54, 1.807) is 4.68 Å². The van der Waals surface area contributed by atoms with Gasteiger partial charge in [0.25, 0.3) is 5.91 Å². The molecule has 1 aromatic heterocycles. The number of hydrogen-bond acceptors (Lipinski definition) is 4. The second-order valence-corrected chi connectivity index (χ2v) is 7.89. The second kappa shape index (κ2) is 7.98. The summed E-state index contributed by atoms with van der Waals surface area (Å²) in [5.74, 6) is 1.19. The van der Waals surface area contributed by atoms with Crippen LogP contribution in [0, 0.1) is 6.92 Å². The van der Waals surface area contributed by atoms with Crippen LogP contribution in [0.5, 0.6) is 0 Å². The first-order valence-corrected chi connectivity index (χ1v) is 9.61. The Labute approximate surface area is 166 Å². The maximum atomic E-state index is 12.7. The highest BCUT2D eigenvalue weighted by Gasteiger charge is 2.34. The van der Waals surface area contributed by atoms with E-state index in [0.717, 1.165) is 24.4 Å². The molecule has 4 rings (SSSR count). The zero-order chi connectivity index (χ0) is 18.3. The summed E-state index contributed by atoms with van der Waals surface area (Å²) in [6, 6.07) is 9.47. The number of hydrogen-bond donors (Lipinski definition) is 2. The van der Waals surface area contributed by atoms with Gasteiger partial charge in [0, 0.05) is 18.1 Å². The van der Waals surface area contributed by atoms with Crippen LogP contribution in [-0.4, -0.2) is 38.8 Å². The van der Waals surface area contributed by atoms with Crippen LogP contribution in [0.1, 0.15) is 67.5 Å². The standard InChI is InChI=1S/C20H27N5O.ClH/c1-12(2)17-6-4-5-7-18(17)25-13(3)21-19(24-25)20(26)23-16-10-14-8-9-15(11-16)22-14;/h4-7,12,14-16,22H,8-11H2,1-3H3,(H,23,26);1H. The first kappa shape index (κ1) is 19.8. The second-order valence-electron chi connectivity index (χ2n) is 7.89. The lowest BCUT2D eigenvalue weighted by Gasteiger charge is -2.29. The lowest BCUT2D eigenvalue weighted by molar-refractivity contribution is 0.0913. The Morgan fingerprint density at radius 1 is 1.22 bits per heavy atom. The number of fused-ring (bicyclic) bond motifs is 2. The van der Waals surface area contributed by atoms with Gasteiger partial charge in [-0.15, -0.1) is 17.5 Å². The molecule has 0 aliphatic carbocycles. The summed E-state index contributed by atoms with van der Waals surface area (Å²) in [5, 5.41) is 11.3. The van der Waals surface area contributed by atoms with Gasteiger partial charge in [0.05, 0.1) is 5.69 Å². The Kier molecular flexibility index (Phi) is 5.86. The highest BCUT2D eigenvalue weighted by Crippen LogP contribution is 2.27. The topological polar surface area (TPSA) is 71.8 Å². The van der Waals surface area contributed by atoms with E-state index in [9.17, 15) is 4.79 Å². The lowest BCUT2D eigenvalue weighted by Crippen LogP contribution is -2.48. The predicted molar refractivity (Wildman–Crippen MR) is 108 cm³/mol. The van der Waals surface area contributed by atoms with Gasteiger partial charge in [0.2, 0.25) is 5.82 Å². The van der Waals surface area contributed by atoms with Gasteiger partial charge in [-0.1, -0.05) is 32.0 Å². The molecule has 0 saturated carbocycles. The van der Waals surface area contributed by atoms with Crippen LogP contribution in [0.3, 0.4) is 0 Å². The number of amides is 1. The SMILES string of the molecule is Cc1nc(C(=O)NC2CC3CCC(C2)N3)nn1-c1ccccc1C(C)C.Cl. The minimum absolute atomic E-state index is 0. The van der Waals surface area contributed by atoms with Crippen LogP contribution >= 0.6 is 12.4 Å². The van der Waals surface area contributed by atoms with Crippen molar-refractivity contribution < 1.29 is 4.79 Å². The van der Waals surface area contributed by atoms with Crippen molar-refractivity contribution in [2.75, 3.05) is 0 Å². The van der Waals surface area contributed by atoms with Gasteiger partial charge in [0.1, 0.15) is 5.82 Å². The number of rotatable bonds is 4. The Bertz CT molecular complexity index is 806. The van der Waals surface area contributed by atoms with E-state index < -0.39 is 0 Å². The molecule has 6 nitrogen and oxygen atoms in total. The van der Waals surface area contributed by atoms with Crippen molar-refractivity contribution in [2.24, 2.45) is 0 Å². The molecule has 2 N–H and O–H groups in total. The summed E-state index contributed by atoms with van der Waals surface area (Å²) in [6.07, 6.45) is 4.43. The van der Waals surface area contributed by atoms with Gasteiger partial charge < -0.3 is 10.6 Å². The first-order chi connectivity index (χ1) is 12.5. The molecule has 2 aromatic rings. The molecule has 2 aliphatic heterocycles. The van der Waals surface area contributed by atoms with Crippen molar-refractivity contribution in [1.29, 1.82) is 0 Å². The Morgan fingerprint density at radius 3 is 2.56 bits per heavy atom. The van der Waals surface area contributed by atoms with Gasteiger partial charge in [-0.2, -0.15) is 0 Å². The normalized spacial score (nSPS) is 23.9. The number of piperidine rings is 1. The number of halogens is 1. The molecule has 2 bridgehead atoms. The van der Waals surface area contributed by atoms with Gasteiger partial charge in [0.15, 0.2) is 0 Å². The van der Waals surface area contributed by atoms with Crippen LogP contribution in [0.4, 0.5) is 0 Å². The van der Waals surface area contributed by atoms with Gasteiger partial charge in [-0.3, -0.25) is 4.79 Å². The minimum atomic E-state index is -0.167. The van der Waals surface area contributed by atoms with Crippen molar-refractivity contribution in [1.82, 2.24) is 25.4 Å². The van der Waals surface area contributed by atoms with Crippen LogP contribution < -0.4 is 10.6 Å². The summed E-state index contributed by atoms with van der Waals surface area (Å²) in [4.78, 5) is 17.1. The molecule has 146 valence electrons. The fourth-order valence-electron chi connectivity index (χ4n) is 4.31. The molecular formula is C20H28ClN5O. The van der Waals surface area contributed by atoms with Crippen molar-refractivity contribution in [3.8, 4) is 5.69 Å². The highest BCUT2D eigenvalue weighted by atomic mass is 35.5. The molecule has 1 amide bonds. The number of carbonyl (C=O) groups excluding carboxylic acids is 1. The van der Waals surface area contributed by atoms with E-state index in [2.05, 4.69) is 40.6 Å². The number of aromatic nitrogens is 3. The summed E-state index contributed by atoms with van der Waals surface area (Å²) in [5.41, 5.74) is 2.19. The van der Waals surface area contributed by atoms with Gasteiger partial charge in [-0.25, -0.2) is 9.67 Å². The van der Waals surface area contributed by atoms with Crippen LogP contribution in [0.2, 0.25) is 0 Å². The molecule has 2 aliphatic rings. The molecule has 27 heavy (non-hydrogen) atoms. The average Bonchev–Trinajstić information content (AvgIpc) is 3.17. The van der Waals surface area contributed by atoms with Crippen molar-refractivity contribution >= 4 is 18.3 Å². The highest BCUT2D eigenvalue weighted by molar-refractivity contribution is 5.90. The van der Waals surface area contributed by atoms with Crippen molar-refractivity contribution in [3.05, 3.63) is 41.5 Å². The maximum absolute atomic E-state index is 12.7. The summed E-state index contributed by atoms with van der Waals surface area (Å²) in [6.45, 7) is 6.21. The fraction of sp³-hybridized carbons (Fsp3) is 0.550. The predicted octanol–water partition coefficient (Wildman–Crippen LogP) is 3.13. The molecule has 0 spiro atoms. The fourth-order valence-corrected chi connectivity index (χ4v) is 4.31. The monoisotopic (exact) mass is 389 g/mol. The molecule has 2 unspecified atom stereocenters. The molecule has 2 fully saturated rings. The Hall–Kier alpha value is -1.92. The molecular weight excluding hydrogens is 362 g/mol. The van der Waals surface area contributed by atoms with E-state index in [-0.39, 0.29) is 30.2 Å². The number of para-hydroxylation sites is 1. The van der Waals surface area contributed by atoms with Gasteiger partial charge in [-0.05, 0) is 50.2 Å². The molecule has 2 saturated heterocycles. The number of nitrogens with zero attached hydrogens (tertiary/aromatic N) is 3. The third kappa shape index (κ3) is 4.01. The van der Waals surface area contributed by atoms with E-state index in [1.807, 2.05) is 25.1 Å². The molecule has 7 heteroatoms. The number of benzene rings is 1. The minimum Gasteiger partial charge on any atom is -0.346 e. The van der Waals surface area contributed by atoms with Crippen LogP contribution in [0.25, 0.3) is 5.69 Å². The Morgan fingerprint density at radius 2 is 1.89 bits per heavy atom. The van der Waals surface area contributed by atoms with Gasteiger partial charge >= 0.3 is 0 Å². The molecule has 1 aromatic carbocycles. The number of nitrogens with one attached hydrogen (secondary N) is 2. The third-order valence-electron chi connectivity index (χ3n) is 5.57. The van der Waals surface area contributed by atoms with E-state index in [1.165, 1.54) is 18.4 Å². The molecule has 2 atom stereocenters. The number of aryl methyl sites for hydroxylation is 1. The van der Waals surface area contributed by atoms with Crippen LogP contribution in [0.15, 0.2) is 24.3 Å². The average molecular weight is 390 g/mol. The summed E-state index contributed by atoms with van der Waals surface area (Å²) in [7, 11) is 0. The zero-order valence-corrected chi connectivity index (χ0v) is 16.9. The molecule has 3 heterocycles.